The standard InChI is InChI=1S/C11H16/c1-9-5-7-10-3-2-4-11(10)8-6-9/h7-9H,2-6H2,1H3. The fourth-order valence-electron chi connectivity index (χ4n) is 2.04. The predicted octanol–water partition coefficient (Wildman–Crippen LogP) is 3.45. The maximum absolute atomic E-state index is 2.47. The van der Waals surface area contributed by atoms with Crippen LogP contribution < -0.4 is 0 Å². The summed E-state index contributed by atoms with van der Waals surface area (Å²) in [5, 5.41) is 0. The topological polar surface area (TPSA) is 0 Å². The second-order valence-electron chi connectivity index (χ2n) is 3.89. The quantitative estimate of drug-likeness (QED) is 0.493. The van der Waals surface area contributed by atoms with Crippen LogP contribution in [0.15, 0.2) is 23.3 Å². The van der Waals surface area contributed by atoms with Crippen LogP contribution in [0, 0.1) is 5.92 Å². The first-order chi connectivity index (χ1) is 5.36. The molecule has 0 heteroatoms. The van der Waals surface area contributed by atoms with Crippen LogP contribution in [0.4, 0.5) is 0 Å². The first kappa shape index (κ1) is 7.15. The Bertz CT molecular complexity index is 186. The molecular formula is C11H16. The summed E-state index contributed by atoms with van der Waals surface area (Å²) in [4.78, 5) is 0. The van der Waals surface area contributed by atoms with Gasteiger partial charge in [0.15, 0.2) is 0 Å². The molecule has 1 saturated carbocycles. The van der Waals surface area contributed by atoms with Crippen molar-refractivity contribution in [3.05, 3.63) is 23.3 Å². The van der Waals surface area contributed by atoms with Gasteiger partial charge in [0.1, 0.15) is 0 Å². The van der Waals surface area contributed by atoms with E-state index >= 15 is 0 Å². The van der Waals surface area contributed by atoms with Gasteiger partial charge < -0.3 is 0 Å². The van der Waals surface area contributed by atoms with Crippen molar-refractivity contribution in [1.29, 1.82) is 0 Å². The highest BCUT2D eigenvalue weighted by molar-refractivity contribution is 5.35. The molecular weight excluding hydrogens is 132 g/mol. The van der Waals surface area contributed by atoms with Gasteiger partial charge in [-0.15, -0.1) is 0 Å². The maximum atomic E-state index is 2.47. The molecule has 0 aromatic rings. The minimum absolute atomic E-state index is 0.876. The van der Waals surface area contributed by atoms with Gasteiger partial charge >= 0.3 is 0 Å². The zero-order valence-electron chi connectivity index (χ0n) is 7.27. The minimum atomic E-state index is 0.876. The van der Waals surface area contributed by atoms with Crippen molar-refractivity contribution in [3.63, 3.8) is 0 Å². The van der Waals surface area contributed by atoms with Crippen molar-refractivity contribution >= 4 is 0 Å². The number of rotatable bonds is 0. The van der Waals surface area contributed by atoms with E-state index in [1.807, 2.05) is 0 Å². The second kappa shape index (κ2) is 2.84. The van der Waals surface area contributed by atoms with Crippen LogP contribution in [0.1, 0.15) is 39.0 Å². The molecule has 0 spiro atoms. The van der Waals surface area contributed by atoms with Crippen LogP contribution in [-0.4, -0.2) is 0 Å². The van der Waals surface area contributed by atoms with Gasteiger partial charge in [0.2, 0.25) is 0 Å². The van der Waals surface area contributed by atoms with E-state index < -0.39 is 0 Å². The molecule has 0 unspecified atom stereocenters. The summed E-state index contributed by atoms with van der Waals surface area (Å²) in [5.74, 6) is 0.876. The molecule has 0 aromatic carbocycles. The van der Waals surface area contributed by atoms with Crippen LogP contribution in [0.3, 0.4) is 0 Å². The Kier molecular flexibility index (Phi) is 1.85. The average molecular weight is 148 g/mol. The summed E-state index contributed by atoms with van der Waals surface area (Å²) in [6.07, 6.45) is 11.6. The number of hydrogen-bond acceptors (Lipinski definition) is 0. The lowest BCUT2D eigenvalue weighted by Gasteiger charge is -2.01. The lowest BCUT2D eigenvalue weighted by molar-refractivity contribution is 0.604. The SMILES string of the molecule is CC1CC=C2CCCC2=CC1. The molecule has 0 bridgehead atoms. The van der Waals surface area contributed by atoms with Crippen LogP contribution in [-0.2, 0) is 0 Å². The van der Waals surface area contributed by atoms with Crippen LogP contribution >= 0.6 is 0 Å². The van der Waals surface area contributed by atoms with Gasteiger partial charge in [0, 0.05) is 0 Å². The number of fused-ring (bicyclic) bond motifs is 1. The van der Waals surface area contributed by atoms with E-state index in [1.54, 1.807) is 11.1 Å². The highest BCUT2D eigenvalue weighted by Gasteiger charge is 2.15. The lowest BCUT2D eigenvalue weighted by atomic mass is 10.0. The summed E-state index contributed by atoms with van der Waals surface area (Å²) in [6, 6.07) is 0. The fraction of sp³-hybridized carbons (Fsp3) is 0.636. The Labute approximate surface area is 69.0 Å². The lowest BCUT2D eigenvalue weighted by Crippen LogP contribution is -1.87. The Morgan fingerprint density at radius 3 is 2.18 bits per heavy atom. The molecule has 0 aliphatic heterocycles. The Hall–Kier alpha value is -0.520. The van der Waals surface area contributed by atoms with Crippen molar-refractivity contribution in [3.8, 4) is 0 Å². The van der Waals surface area contributed by atoms with Gasteiger partial charge in [-0.2, -0.15) is 0 Å². The number of allylic oxidation sites excluding steroid dienone is 4. The summed E-state index contributed by atoms with van der Waals surface area (Å²) < 4.78 is 0. The van der Waals surface area contributed by atoms with Gasteiger partial charge in [-0.25, -0.2) is 0 Å². The maximum Gasteiger partial charge on any atom is -0.0276 e. The highest BCUT2D eigenvalue weighted by atomic mass is 14.2. The molecule has 11 heavy (non-hydrogen) atoms. The van der Waals surface area contributed by atoms with Crippen molar-refractivity contribution in [2.75, 3.05) is 0 Å². The molecule has 0 nitrogen and oxygen atoms in total. The molecule has 2 rings (SSSR count). The molecule has 60 valence electrons. The molecule has 2 aliphatic carbocycles. The largest absolute Gasteiger partial charge is 0.0808 e. The van der Waals surface area contributed by atoms with E-state index in [0.717, 1.165) is 5.92 Å². The van der Waals surface area contributed by atoms with E-state index in [4.69, 9.17) is 0 Å². The predicted molar refractivity (Wildman–Crippen MR) is 48.4 cm³/mol. The van der Waals surface area contributed by atoms with Gasteiger partial charge in [0.25, 0.3) is 0 Å². The van der Waals surface area contributed by atoms with Gasteiger partial charge in [-0.05, 0) is 49.2 Å². The van der Waals surface area contributed by atoms with Crippen molar-refractivity contribution in [2.45, 2.75) is 39.0 Å². The molecule has 0 atom stereocenters. The van der Waals surface area contributed by atoms with Gasteiger partial charge in [-0.3, -0.25) is 0 Å². The number of hydrogen-bond donors (Lipinski definition) is 0. The van der Waals surface area contributed by atoms with Gasteiger partial charge in [0.05, 0.1) is 0 Å². The Balaban J connectivity index is 2.22. The Morgan fingerprint density at radius 2 is 1.64 bits per heavy atom. The summed E-state index contributed by atoms with van der Waals surface area (Å²) in [5.41, 5.74) is 3.32. The van der Waals surface area contributed by atoms with Crippen LogP contribution in [0.25, 0.3) is 0 Å². The van der Waals surface area contributed by atoms with Crippen molar-refractivity contribution in [1.82, 2.24) is 0 Å². The van der Waals surface area contributed by atoms with Crippen LogP contribution in [0.5, 0.6) is 0 Å². The molecule has 0 radical (unpaired) electrons. The normalized spacial score (nSPS) is 25.5. The average Bonchev–Trinajstić information content (AvgIpc) is 2.38. The van der Waals surface area contributed by atoms with Crippen LogP contribution in [0.2, 0.25) is 0 Å². The smallest absolute Gasteiger partial charge is 0.0276 e. The summed E-state index contributed by atoms with van der Waals surface area (Å²) >= 11 is 0. The summed E-state index contributed by atoms with van der Waals surface area (Å²) in [6.45, 7) is 2.34. The Morgan fingerprint density at radius 1 is 1.09 bits per heavy atom. The van der Waals surface area contributed by atoms with E-state index in [1.165, 1.54) is 32.1 Å². The van der Waals surface area contributed by atoms with E-state index in [2.05, 4.69) is 19.1 Å². The first-order valence-electron chi connectivity index (χ1n) is 4.74. The highest BCUT2D eigenvalue weighted by Crippen LogP contribution is 2.34. The monoisotopic (exact) mass is 148 g/mol. The van der Waals surface area contributed by atoms with E-state index in [9.17, 15) is 0 Å². The molecule has 0 saturated heterocycles. The molecule has 0 N–H and O–H groups in total. The fourth-order valence-corrected chi connectivity index (χ4v) is 2.04. The molecule has 0 aromatic heterocycles. The molecule has 0 heterocycles. The molecule has 2 aliphatic rings. The third-order valence-electron chi connectivity index (χ3n) is 2.84. The van der Waals surface area contributed by atoms with E-state index in [-0.39, 0.29) is 0 Å². The second-order valence-corrected chi connectivity index (χ2v) is 3.89. The third-order valence-corrected chi connectivity index (χ3v) is 2.84. The van der Waals surface area contributed by atoms with Gasteiger partial charge in [-0.1, -0.05) is 19.1 Å². The summed E-state index contributed by atoms with van der Waals surface area (Å²) in [7, 11) is 0. The van der Waals surface area contributed by atoms with Crippen molar-refractivity contribution < 1.29 is 0 Å². The molecule has 0 amide bonds. The zero-order valence-corrected chi connectivity index (χ0v) is 7.27. The van der Waals surface area contributed by atoms with E-state index in [0.29, 0.717) is 0 Å². The zero-order chi connectivity index (χ0) is 7.68. The minimum Gasteiger partial charge on any atom is -0.0808 e. The molecule has 1 fully saturated rings. The van der Waals surface area contributed by atoms with Crippen molar-refractivity contribution in [2.24, 2.45) is 5.92 Å². The first-order valence-corrected chi connectivity index (χ1v) is 4.74. The third kappa shape index (κ3) is 1.40.